The molecule has 4 rings (SSSR count). The monoisotopic (exact) mass is 448 g/mol. The number of alkyl halides is 2. The molecule has 10 heteroatoms. The number of rotatable bonds is 4. The van der Waals surface area contributed by atoms with Crippen molar-refractivity contribution in [2.45, 2.75) is 18.1 Å². The number of hydrogen-bond acceptors (Lipinski definition) is 5. The van der Waals surface area contributed by atoms with Crippen LogP contribution in [-0.2, 0) is 10.3 Å². The molecule has 3 heterocycles. The third-order valence-electron chi connectivity index (χ3n) is 5.35. The Morgan fingerprint density at radius 1 is 1.35 bits per heavy atom. The van der Waals surface area contributed by atoms with E-state index in [0.717, 1.165) is 23.9 Å². The van der Waals surface area contributed by atoms with Gasteiger partial charge in [-0.15, -0.1) is 0 Å². The molecule has 0 unspecified atom stereocenters. The second-order valence-corrected chi connectivity index (χ2v) is 8.19. The summed E-state index contributed by atoms with van der Waals surface area (Å²) in [7, 11) is 0. The summed E-state index contributed by atoms with van der Waals surface area (Å²) in [6.45, 7) is 6.67. The number of fused-ring (bicyclic) bond motifs is 1. The molecule has 0 saturated carbocycles. The fraction of sp³-hybridized carbons (Fsp3) is 0.286. The largest absolute Gasteiger partial charge is 0.379 e. The Morgan fingerprint density at radius 3 is 2.84 bits per heavy atom. The number of nitrogens with zero attached hydrogens (tertiary/aromatic N) is 3. The molecule has 5 nitrogen and oxygen atoms in total. The first-order valence-electron chi connectivity index (χ1n) is 9.23. The number of aromatic nitrogens is 1. The highest BCUT2D eigenvalue weighted by molar-refractivity contribution is 8.13. The highest BCUT2D eigenvalue weighted by Gasteiger charge is 2.56. The Morgan fingerprint density at radius 2 is 2.16 bits per heavy atom. The summed E-state index contributed by atoms with van der Waals surface area (Å²) in [6.07, 6.45) is -1.76. The van der Waals surface area contributed by atoms with Gasteiger partial charge in [-0.05, 0) is 29.8 Å². The molecule has 3 atom stereocenters. The first kappa shape index (κ1) is 21.3. The van der Waals surface area contributed by atoms with Crippen LogP contribution >= 0.6 is 11.8 Å². The highest BCUT2D eigenvalue weighted by atomic mass is 32.2. The van der Waals surface area contributed by atoms with Crippen LogP contribution in [0.2, 0.25) is 0 Å². The van der Waals surface area contributed by atoms with Gasteiger partial charge in [-0.2, -0.15) is 0 Å². The molecule has 0 radical (unpaired) electrons. The third kappa shape index (κ3) is 3.91. The number of hydrogen-bond donors (Lipinski definition) is 1. The lowest BCUT2D eigenvalue weighted by atomic mass is 9.78. The molecular formula is C21H16F4N4OS. The van der Waals surface area contributed by atoms with Gasteiger partial charge >= 0.3 is 0 Å². The number of amidine groups is 1. The van der Waals surface area contributed by atoms with E-state index in [1.54, 1.807) is 0 Å². The predicted molar refractivity (Wildman–Crippen MR) is 111 cm³/mol. The van der Waals surface area contributed by atoms with Gasteiger partial charge < -0.3 is 10.5 Å². The van der Waals surface area contributed by atoms with Crippen LogP contribution in [0.5, 0.6) is 0 Å². The Labute approximate surface area is 179 Å². The maximum Gasteiger partial charge on any atom is 0.264 e. The zero-order chi connectivity index (χ0) is 22.2. The minimum atomic E-state index is -2.75. The van der Waals surface area contributed by atoms with Crippen LogP contribution in [0.15, 0.2) is 41.5 Å². The number of aliphatic imine (C=N–C) groups is 1. The van der Waals surface area contributed by atoms with Crippen molar-refractivity contribution in [2.24, 2.45) is 16.6 Å². The Kier molecular flexibility index (Phi) is 5.73. The maximum absolute atomic E-state index is 14.9. The molecule has 1 aromatic carbocycles. The summed E-state index contributed by atoms with van der Waals surface area (Å²) in [5, 5.41) is 0.158. The van der Waals surface area contributed by atoms with Crippen LogP contribution in [0.25, 0.3) is 16.7 Å². The van der Waals surface area contributed by atoms with Crippen molar-refractivity contribution in [3.05, 3.63) is 70.6 Å². The molecule has 1 fully saturated rings. The Balaban J connectivity index is 1.75. The molecule has 0 aliphatic carbocycles. The SMILES string of the molecule is [C-]#[N+]c1ccc(/C(F)=C/c2ccc(F)c([C@@]34CO[C@@H](C(F)F)[C@@H]3CSC(N)=N4)c2)nc1. The topological polar surface area (TPSA) is 64.9 Å². The van der Waals surface area contributed by atoms with Gasteiger partial charge in [-0.25, -0.2) is 27.4 Å². The lowest BCUT2D eigenvalue weighted by Crippen LogP contribution is -2.43. The van der Waals surface area contributed by atoms with E-state index in [-0.39, 0.29) is 34.5 Å². The van der Waals surface area contributed by atoms with Gasteiger partial charge in [0.1, 0.15) is 23.3 Å². The second-order valence-electron chi connectivity index (χ2n) is 7.15. The lowest BCUT2D eigenvalue weighted by molar-refractivity contribution is -0.0359. The molecule has 160 valence electrons. The summed E-state index contributed by atoms with van der Waals surface area (Å²) in [5.74, 6) is -1.94. The molecule has 2 aliphatic heterocycles. The van der Waals surface area contributed by atoms with Gasteiger partial charge in [0.25, 0.3) is 6.43 Å². The molecule has 2 aromatic rings. The first-order valence-corrected chi connectivity index (χ1v) is 10.2. The van der Waals surface area contributed by atoms with Crippen LogP contribution in [-0.4, -0.2) is 35.0 Å². The average Bonchev–Trinajstić information content (AvgIpc) is 3.14. The molecule has 0 spiro atoms. The number of ether oxygens (including phenoxy) is 1. The average molecular weight is 448 g/mol. The van der Waals surface area contributed by atoms with Gasteiger partial charge in [0, 0.05) is 23.4 Å². The van der Waals surface area contributed by atoms with E-state index in [1.807, 2.05) is 0 Å². The number of thioether (sulfide) groups is 1. The molecule has 1 saturated heterocycles. The van der Waals surface area contributed by atoms with Crippen LogP contribution in [0, 0.1) is 18.3 Å². The molecule has 2 aliphatic rings. The van der Waals surface area contributed by atoms with Crippen molar-refractivity contribution < 1.29 is 22.3 Å². The summed E-state index contributed by atoms with van der Waals surface area (Å²) in [6, 6.07) is 6.67. The number of halogens is 4. The Hall–Kier alpha value is -2.90. The van der Waals surface area contributed by atoms with Crippen molar-refractivity contribution in [2.75, 3.05) is 12.4 Å². The molecule has 1 aromatic heterocycles. The van der Waals surface area contributed by atoms with E-state index in [2.05, 4.69) is 14.8 Å². The lowest BCUT2D eigenvalue weighted by Gasteiger charge is -2.35. The van der Waals surface area contributed by atoms with Crippen molar-refractivity contribution in [1.82, 2.24) is 4.98 Å². The van der Waals surface area contributed by atoms with E-state index in [4.69, 9.17) is 17.0 Å². The van der Waals surface area contributed by atoms with E-state index in [0.29, 0.717) is 5.56 Å². The fourth-order valence-electron chi connectivity index (χ4n) is 3.83. The summed E-state index contributed by atoms with van der Waals surface area (Å²) < 4.78 is 61.9. The first-order chi connectivity index (χ1) is 14.8. The zero-order valence-corrected chi connectivity index (χ0v) is 16.8. The fourth-order valence-corrected chi connectivity index (χ4v) is 4.88. The van der Waals surface area contributed by atoms with E-state index >= 15 is 0 Å². The predicted octanol–water partition coefficient (Wildman–Crippen LogP) is 4.78. The number of benzene rings is 1. The van der Waals surface area contributed by atoms with Crippen LogP contribution < -0.4 is 5.73 Å². The maximum atomic E-state index is 14.9. The van der Waals surface area contributed by atoms with Gasteiger partial charge in [-0.3, -0.25) is 4.98 Å². The molecule has 31 heavy (non-hydrogen) atoms. The smallest absolute Gasteiger partial charge is 0.264 e. The van der Waals surface area contributed by atoms with Gasteiger partial charge in [-0.1, -0.05) is 23.9 Å². The van der Waals surface area contributed by atoms with Crippen LogP contribution in [0.4, 0.5) is 23.2 Å². The zero-order valence-electron chi connectivity index (χ0n) is 15.9. The third-order valence-corrected chi connectivity index (χ3v) is 6.26. The van der Waals surface area contributed by atoms with Gasteiger partial charge in [0.15, 0.2) is 5.17 Å². The minimum absolute atomic E-state index is 0.00705. The Bertz CT molecular complexity index is 1100. The number of pyridine rings is 1. The minimum Gasteiger partial charge on any atom is -0.379 e. The van der Waals surface area contributed by atoms with Crippen molar-refractivity contribution in [3.63, 3.8) is 0 Å². The van der Waals surface area contributed by atoms with Crippen molar-refractivity contribution in [3.8, 4) is 0 Å². The summed E-state index contributed by atoms with van der Waals surface area (Å²) in [5.41, 5.74) is 5.05. The van der Waals surface area contributed by atoms with Gasteiger partial charge in [0.2, 0.25) is 5.69 Å². The molecule has 2 N–H and O–H groups in total. The second kappa shape index (κ2) is 8.32. The van der Waals surface area contributed by atoms with E-state index in [9.17, 15) is 17.6 Å². The van der Waals surface area contributed by atoms with Crippen molar-refractivity contribution >= 4 is 34.5 Å². The normalized spacial score (nSPS) is 25.8. The molecular weight excluding hydrogens is 432 g/mol. The van der Waals surface area contributed by atoms with Crippen LogP contribution in [0.1, 0.15) is 16.8 Å². The number of nitrogens with two attached hydrogens (primary N) is 1. The standard InChI is InChI=1S/C21H16F4N4OS/c1-27-12-3-5-17(28-8-12)16(23)7-11-2-4-15(22)13(6-11)21-10-30-18(19(24)25)14(21)9-31-20(26)29-21/h2-8,14,18-19H,9-10H2,(H2,26,29)/b16-7-/t14-,18+,21-/m0/s1. The van der Waals surface area contributed by atoms with Gasteiger partial charge in [0.05, 0.1) is 18.9 Å². The highest BCUT2D eigenvalue weighted by Crippen LogP contribution is 2.49. The van der Waals surface area contributed by atoms with Crippen LogP contribution in [0.3, 0.4) is 0 Å². The van der Waals surface area contributed by atoms with Crippen molar-refractivity contribution in [1.29, 1.82) is 0 Å². The summed E-state index contributed by atoms with van der Waals surface area (Å²) in [4.78, 5) is 11.4. The molecule has 0 amide bonds. The van der Waals surface area contributed by atoms with E-state index < -0.39 is 35.6 Å². The summed E-state index contributed by atoms with van der Waals surface area (Å²) >= 11 is 1.12. The quantitative estimate of drug-likeness (QED) is 0.540. The van der Waals surface area contributed by atoms with E-state index in [1.165, 1.54) is 30.5 Å². The molecule has 0 bridgehead atoms.